The van der Waals surface area contributed by atoms with E-state index in [1.165, 1.54) is 0 Å². The van der Waals surface area contributed by atoms with Crippen LogP contribution in [0.4, 0.5) is 5.82 Å². The summed E-state index contributed by atoms with van der Waals surface area (Å²) in [5.74, 6) is 1.84. The first-order valence-electron chi connectivity index (χ1n) is 7.06. The number of nitrogens with zero attached hydrogens (tertiary/aromatic N) is 5. The molecule has 0 bridgehead atoms. The van der Waals surface area contributed by atoms with E-state index < -0.39 is 0 Å². The minimum absolute atomic E-state index is 0.0600. The van der Waals surface area contributed by atoms with Gasteiger partial charge in [0, 0.05) is 52.0 Å². The molecule has 21 heavy (non-hydrogen) atoms. The van der Waals surface area contributed by atoms with Gasteiger partial charge in [0.05, 0.1) is 13.2 Å². The SMILES string of the molecule is CNc1nccnc1C1CN(Cc2nccn2C)CCO1. The lowest BCUT2D eigenvalue weighted by Crippen LogP contribution is -2.38. The molecule has 1 N–H and O–H groups in total. The Kier molecular flexibility index (Phi) is 4.12. The number of aryl methyl sites for hydroxylation is 1. The van der Waals surface area contributed by atoms with Gasteiger partial charge in [0.25, 0.3) is 0 Å². The summed E-state index contributed by atoms with van der Waals surface area (Å²) in [4.78, 5) is 15.4. The molecular formula is C14H20N6O. The van der Waals surface area contributed by atoms with Gasteiger partial charge in [-0.2, -0.15) is 0 Å². The first-order valence-corrected chi connectivity index (χ1v) is 7.06. The van der Waals surface area contributed by atoms with Gasteiger partial charge in [-0.25, -0.2) is 9.97 Å². The van der Waals surface area contributed by atoms with Gasteiger partial charge in [-0.3, -0.25) is 9.88 Å². The van der Waals surface area contributed by atoms with Crippen molar-refractivity contribution in [2.24, 2.45) is 7.05 Å². The molecular weight excluding hydrogens is 268 g/mol. The van der Waals surface area contributed by atoms with Crippen LogP contribution < -0.4 is 5.32 Å². The molecule has 112 valence electrons. The Labute approximate surface area is 124 Å². The molecule has 0 aromatic carbocycles. The molecule has 1 aliphatic heterocycles. The van der Waals surface area contributed by atoms with E-state index in [0.717, 1.165) is 37.0 Å². The molecule has 0 radical (unpaired) electrons. The molecule has 0 aliphatic carbocycles. The predicted octanol–water partition coefficient (Wildman–Crippen LogP) is 0.825. The van der Waals surface area contributed by atoms with Gasteiger partial charge < -0.3 is 14.6 Å². The van der Waals surface area contributed by atoms with Gasteiger partial charge >= 0.3 is 0 Å². The van der Waals surface area contributed by atoms with Gasteiger partial charge in [-0.15, -0.1) is 0 Å². The molecule has 1 aliphatic rings. The lowest BCUT2D eigenvalue weighted by atomic mass is 10.2. The fraction of sp³-hybridized carbons (Fsp3) is 0.500. The van der Waals surface area contributed by atoms with Crippen molar-refractivity contribution >= 4 is 5.82 Å². The van der Waals surface area contributed by atoms with Crippen LogP contribution in [0.5, 0.6) is 0 Å². The number of aromatic nitrogens is 4. The van der Waals surface area contributed by atoms with E-state index in [9.17, 15) is 0 Å². The molecule has 0 spiro atoms. The number of rotatable bonds is 4. The zero-order chi connectivity index (χ0) is 14.7. The normalized spacial score (nSPS) is 19.6. The Morgan fingerprint density at radius 3 is 2.90 bits per heavy atom. The van der Waals surface area contributed by atoms with Crippen LogP contribution >= 0.6 is 0 Å². The van der Waals surface area contributed by atoms with Gasteiger partial charge in [0.1, 0.15) is 23.4 Å². The highest BCUT2D eigenvalue weighted by molar-refractivity contribution is 5.40. The number of nitrogens with one attached hydrogen (secondary N) is 1. The molecule has 1 saturated heterocycles. The maximum Gasteiger partial charge on any atom is 0.150 e. The van der Waals surface area contributed by atoms with Gasteiger partial charge in [0.15, 0.2) is 0 Å². The summed E-state index contributed by atoms with van der Waals surface area (Å²) in [6.07, 6.45) is 7.13. The smallest absolute Gasteiger partial charge is 0.150 e. The molecule has 3 heterocycles. The van der Waals surface area contributed by atoms with E-state index in [0.29, 0.717) is 6.61 Å². The third kappa shape index (κ3) is 3.03. The molecule has 7 nitrogen and oxygen atoms in total. The van der Waals surface area contributed by atoms with E-state index in [2.05, 4.69) is 25.2 Å². The van der Waals surface area contributed by atoms with Crippen molar-refractivity contribution in [3.63, 3.8) is 0 Å². The third-order valence-electron chi connectivity index (χ3n) is 3.70. The van der Waals surface area contributed by atoms with Crippen molar-refractivity contribution in [1.29, 1.82) is 0 Å². The lowest BCUT2D eigenvalue weighted by Gasteiger charge is -2.32. The number of morpholine rings is 1. The summed E-state index contributed by atoms with van der Waals surface area (Å²) in [5.41, 5.74) is 0.865. The first-order chi connectivity index (χ1) is 10.3. The predicted molar refractivity (Wildman–Crippen MR) is 78.8 cm³/mol. The number of hydrogen-bond acceptors (Lipinski definition) is 6. The van der Waals surface area contributed by atoms with E-state index in [4.69, 9.17) is 4.74 Å². The molecule has 2 aromatic rings. The average molecular weight is 288 g/mol. The van der Waals surface area contributed by atoms with Crippen LogP contribution in [0, 0.1) is 0 Å². The summed E-state index contributed by atoms with van der Waals surface area (Å²) >= 11 is 0. The van der Waals surface area contributed by atoms with Gasteiger partial charge in [0.2, 0.25) is 0 Å². The van der Waals surface area contributed by atoms with Crippen LogP contribution in [0.15, 0.2) is 24.8 Å². The zero-order valence-corrected chi connectivity index (χ0v) is 12.4. The molecule has 0 amide bonds. The number of ether oxygens (including phenoxy) is 1. The van der Waals surface area contributed by atoms with E-state index in [1.807, 2.05) is 31.1 Å². The number of hydrogen-bond donors (Lipinski definition) is 1. The van der Waals surface area contributed by atoms with Crippen molar-refractivity contribution in [1.82, 2.24) is 24.4 Å². The summed E-state index contributed by atoms with van der Waals surface area (Å²) in [6.45, 7) is 3.20. The molecule has 0 saturated carbocycles. The summed E-state index contributed by atoms with van der Waals surface area (Å²) in [7, 11) is 3.87. The largest absolute Gasteiger partial charge is 0.372 e. The maximum atomic E-state index is 5.87. The molecule has 3 rings (SSSR count). The molecule has 1 unspecified atom stereocenters. The Morgan fingerprint density at radius 2 is 2.14 bits per heavy atom. The zero-order valence-electron chi connectivity index (χ0n) is 12.4. The topological polar surface area (TPSA) is 68.1 Å². The Bertz CT molecular complexity index is 599. The fourth-order valence-electron chi connectivity index (χ4n) is 2.54. The molecule has 7 heteroatoms. The van der Waals surface area contributed by atoms with E-state index in [-0.39, 0.29) is 6.10 Å². The second kappa shape index (κ2) is 6.19. The van der Waals surface area contributed by atoms with Crippen molar-refractivity contribution in [3.05, 3.63) is 36.3 Å². The third-order valence-corrected chi connectivity index (χ3v) is 3.70. The Morgan fingerprint density at radius 1 is 1.29 bits per heavy atom. The van der Waals surface area contributed by atoms with Crippen LogP contribution in [0.2, 0.25) is 0 Å². The van der Waals surface area contributed by atoms with E-state index in [1.54, 1.807) is 12.4 Å². The van der Waals surface area contributed by atoms with Crippen LogP contribution in [0.25, 0.3) is 0 Å². The Hall–Kier alpha value is -1.99. The molecule has 1 atom stereocenters. The monoisotopic (exact) mass is 288 g/mol. The minimum atomic E-state index is -0.0600. The first kappa shape index (κ1) is 14.0. The quantitative estimate of drug-likeness (QED) is 0.898. The van der Waals surface area contributed by atoms with Crippen LogP contribution in [-0.2, 0) is 18.3 Å². The van der Waals surface area contributed by atoms with Gasteiger partial charge in [-0.1, -0.05) is 0 Å². The summed E-state index contributed by atoms with van der Waals surface area (Å²) in [5, 5.41) is 3.07. The molecule has 1 fully saturated rings. The van der Waals surface area contributed by atoms with Crippen molar-refractivity contribution in [3.8, 4) is 0 Å². The highest BCUT2D eigenvalue weighted by Crippen LogP contribution is 2.25. The minimum Gasteiger partial charge on any atom is -0.372 e. The van der Waals surface area contributed by atoms with E-state index >= 15 is 0 Å². The van der Waals surface area contributed by atoms with Crippen molar-refractivity contribution < 1.29 is 4.74 Å². The Balaban J connectivity index is 1.72. The number of imidazole rings is 1. The highest BCUT2D eigenvalue weighted by atomic mass is 16.5. The maximum absolute atomic E-state index is 5.87. The average Bonchev–Trinajstić information content (AvgIpc) is 2.93. The standard InChI is InChI=1S/C14H20N6O/c1-15-14-13(17-3-4-18-14)11-9-20(7-8-21-11)10-12-16-5-6-19(12)2/h3-6,11H,7-10H2,1-2H3,(H,15,18). The lowest BCUT2D eigenvalue weighted by molar-refractivity contribution is -0.0357. The fourth-order valence-corrected chi connectivity index (χ4v) is 2.54. The van der Waals surface area contributed by atoms with Gasteiger partial charge in [-0.05, 0) is 0 Å². The number of anilines is 1. The second-order valence-electron chi connectivity index (χ2n) is 5.09. The van der Waals surface area contributed by atoms with Crippen LogP contribution in [0.3, 0.4) is 0 Å². The summed E-state index contributed by atoms with van der Waals surface area (Å²) < 4.78 is 7.92. The summed E-state index contributed by atoms with van der Waals surface area (Å²) in [6, 6.07) is 0. The van der Waals surface area contributed by atoms with Crippen LogP contribution in [-0.4, -0.2) is 51.2 Å². The highest BCUT2D eigenvalue weighted by Gasteiger charge is 2.26. The molecule has 2 aromatic heterocycles. The van der Waals surface area contributed by atoms with Crippen molar-refractivity contribution in [2.75, 3.05) is 32.1 Å². The van der Waals surface area contributed by atoms with Crippen LogP contribution in [0.1, 0.15) is 17.6 Å². The second-order valence-corrected chi connectivity index (χ2v) is 5.09. The van der Waals surface area contributed by atoms with Crippen molar-refractivity contribution in [2.45, 2.75) is 12.6 Å².